The third kappa shape index (κ3) is 12.6. The summed E-state index contributed by atoms with van der Waals surface area (Å²) in [4.78, 5) is 9.92. The largest absolute Gasteiger partial charge is 0.294 e. The molecule has 0 aromatic rings. The molecule has 5 nitrogen and oxygen atoms in total. The molecule has 0 bridgehead atoms. The Morgan fingerprint density at radius 1 is 0.244 bits per heavy atom. The lowest BCUT2D eigenvalue weighted by atomic mass is 9.62. The van der Waals surface area contributed by atoms with Crippen LogP contribution in [0.4, 0.5) is 0 Å². The number of nitrogens with zero attached hydrogens (tertiary/aromatic N) is 3. The Balaban J connectivity index is 0.642. The predicted molar refractivity (Wildman–Crippen MR) is 326 cm³/mol. The molecule has 6 heteroatoms. The van der Waals surface area contributed by atoms with Crippen molar-refractivity contribution < 1.29 is 8.42 Å². The molecule has 13 fully saturated rings. The van der Waals surface area contributed by atoms with Gasteiger partial charge < -0.3 is 0 Å². The van der Waals surface area contributed by atoms with Gasteiger partial charge in [0.05, 0.1) is 10.5 Å². The maximum absolute atomic E-state index is 13.6. The van der Waals surface area contributed by atoms with Crippen molar-refractivity contribution in [3.8, 4) is 0 Å². The molecule has 0 amide bonds. The molecule has 13 aliphatic rings. The van der Waals surface area contributed by atoms with Gasteiger partial charge in [-0.1, -0.05) is 96.3 Å². The minimum Gasteiger partial charge on any atom is -0.294 e. The van der Waals surface area contributed by atoms with Crippen LogP contribution in [0.15, 0.2) is 0 Å². The second-order valence-corrected chi connectivity index (χ2v) is 34.4. The van der Waals surface area contributed by atoms with Crippen molar-refractivity contribution in [1.82, 2.24) is 14.7 Å². The van der Waals surface area contributed by atoms with E-state index >= 15 is 0 Å². The molecule has 1 heterocycles. The zero-order chi connectivity index (χ0) is 52.4. The quantitative estimate of drug-likeness (QED) is 0.184. The molecule has 6 unspecified atom stereocenters. The van der Waals surface area contributed by atoms with Crippen LogP contribution < -0.4 is 0 Å². The van der Waals surface area contributed by atoms with E-state index in [1.807, 2.05) is 0 Å². The zero-order valence-corrected chi connectivity index (χ0v) is 51.6. The highest BCUT2D eigenvalue weighted by molar-refractivity contribution is 7.92. The number of hydrogen-bond acceptors (Lipinski definition) is 5. The molecule has 6 atom stereocenters. The summed E-state index contributed by atoms with van der Waals surface area (Å²) in [6.45, 7) is 0. The summed E-state index contributed by atoms with van der Waals surface area (Å²) >= 11 is 0. The van der Waals surface area contributed by atoms with Crippen LogP contribution in [0.5, 0.6) is 0 Å². The summed E-state index contributed by atoms with van der Waals surface area (Å²) in [7, 11) is -2.93. The van der Waals surface area contributed by atoms with Crippen molar-refractivity contribution in [2.45, 2.75) is 392 Å². The molecule has 0 N–H and O–H groups in total. The average Bonchev–Trinajstić information content (AvgIpc) is 3.94. The van der Waals surface area contributed by atoms with Crippen LogP contribution in [0, 0.1) is 59.2 Å². The molecule has 0 radical (unpaired) electrons. The molecule has 12 aliphatic carbocycles. The number of sulfone groups is 1. The topological polar surface area (TPSA) is 43.9 Å². The second-order valence-electron chi connectivity index (χ2n) is 31.9. The Kier molecular flexibility index (Phi) is 19.4. The Labute approximate surface area is 481 Å². The highest BCUT2D eigenvalue weighted by Crippen LogP contribution is 2.58. The number of likely N-dealkylation sites (tertiary alicyclic amines) is 1. The fraction of sp³-hybridized carbons (Fsp3) is 1.00. The molecular weight excluding hydrogens is 971 g/mol. The molecule has 0 spiro atoms. The monoisotopic (exact) mass is 1090 g/mol. The van der Waals surface area contributed by atoms with Gasteiger partial charge in [-0.3, -0.25) is 14.7 Å². The van der Waals surface area contributed by atoms with Crippen molar-refractivity contribution in [3.05, 3.63) is 0 Å². The Morgan fingerprint density at radius 2 is 0.500 bits per heavy atom. The van der Waals surface area contributed by atoms with E-state index in [0.29, 0.717) is 0 Å². The fourth-order valence-corrected chi connectivity index (χ4v) is 26.8. The van der Waals surface area contributed by atoms with E-state index in [4.69, 9.17) is 0 Å². The van der Waals surface area contributed by atoms with E-state index in [1.165, 1.54) is 225 Å². The summed E-state index contributed by atoms with van der Waals surface area (Å²) in [6, 6.07) is 8.12. The first kappa shape index (κ1) is 56.9. The Bertz CT molecular complexity index is 1790. The van der Waals surface area contributed by atoms with Gasteiger partial charge >= 0.3 is 0 Å². The lowest BCUT2D eigenvalue weighted by Crippen LogP contribution is -2.52. The smallest absolute Gasteiger partial charge is 0.156 e. The maximum atomic E-state index is 13.6. The van der Waals surface area contributed by atoms with Gasteiger partial charge in [-0.15, -0.1) is 0 Å². The first-order chi connectivity index (χ1) is 38.4. The van der Waals surface area contributed by atoms with Gasteiger partial charge in [0.15, 0.2) is 9.84 Å². The summed E-state index contributed by atoms with van der Waals surface area (Å²) < 4.78 is 27.3. The second kappa shape index (κ2) is 26.6. The molecule has 1 aliphatic heterocycles. The van der Waals surface area contributed by atoms with Crippen LogP contribution in [0.3, 0.4) is 0 Å². The minimum absolute atomic E-state index is 0.0164. The van der Waals surface area contributed by atoms with Crippen molar-refractivity contribution >= 4 is 9.84 Å². The standard InChI is InChI=1S/C72H123N3O2S/c76-78(77,67-24-14-5-15-25-67)68-46-36-55(37-47-68)53-28-26-52(27-29-53)54-30-44-66(45-31-54)75-71-48-38-58(56-32-40-64(41-33-56)73(60-16-6-1-7-17-60)61-18-8-2-9-19-61)50-69(71)70-51-59(39-49-72(70)75)57-34-42-65(43-35-57)74(62-20-10-3-11-21-62)63-22-12-4-13-23-63/h52-72H,1-51H2. The Hall–Kier alpha value is -0.170. The summed E-state index contributed by atoms with van der Waals surface area (Å²) in [6.07, 6.45) is 73.4. The molecule has 12 saturated carbocycles. The van der Waals surface area contributed by atoms with Crippen molar-refractivity contribution in [2.24, 2.45) is 59.2 Å². The van der Waals surface area contributed by atoms with Crippen LogP contribution in [0.1, 0.15) is 327 Å². The molecule has 13 rings (SSSR count). The highest BCUT2D eigenvalue weighted by atomic mass is 32.2. The van der Waals surface area contributed by atoms with Crippen LogP contribution in [-0.2, 0) is 9.84 Å². The van der Waals surface area contributed by atoms with Gasteiger partial charge in [0.1, 0.15) is 0 Å². The van der Waals surface area contributed by atoms with Gasteiger partial charge in [-0.25, -0.2) is 8.42 Å². The summed E-state index contributed by atoms with van der Waals surface area (Å²) in [5, 5.41) is -0.0392. The molecule has 78 heavy (non-hydrogen) atoms. The first-order valence-corrected chi connectivity index (χ1v) is 38.6. The normalized spacial score (nSPS) is 43.4. The van der Waals surface area contributed by atoms with E-state index in [1.54, 1.807) is 64.2 Å². The Morgan fingerprint density at radius 3 is 0.859 bits per heavy atom. The van der Waals surface area contributed by atoms with E-state index < -0.39 is 9.84 Å². The van der Waals surface area contributed by atoms with Crippen molar-refractivity contribution in [2.75, 3.05) is 0 Å². The number of fused-ring (bicyclic) bond motifs is 3. The van der Waals surface area contributed by atoms with Gasteiger partial charge in [0.2, 0.25) is 0 Å². The van der Waals surface area contributed by atoms with Gasteiger partial charge in [-0.2, -0.15) is 0 Å². The van der Waals surface area contributed by atoms with E-state index in [0.717, 1.165) is 152 Å². The minimum atomic E-state index is -2.93. The SMILES string of the molecule is O=S(=O)(C1CCCCC1)C1CCC(C2CCC(C3CCC(N4C5CCC(C6CCC(N(C7CCCCC7)C7CCCCC7)CC6)CC5C5CC(C6CCC(N(C7CCCCC7)C7CCCCC7)CC6)CCC54)CC3)CC2)CC1. The van der Waals surface area contributed by atoms with Gasteiger partial charge in [-0.05, 0) is 290 Å². The zero-order valence-electron chi connectivity index (χ0n) is 50.8. The molecular formula is C72H123N3O2S. The van der Waals surface area contributed by atoms with Crippen LogP contribution in [0.25, 0.3) is 0 Å². The van der Waals surface area contributed by atoms with Gasteiger partial charge in [0.25, 0.3) is 0 Å². The first-order valence-electron chi connectivity index (χ1n) is 37.0. The number of hydrogen-bond donors (Lipinski definition) is 0. The van der Waals surface area contributed by atoms with Crippen molar-refractivity contribution in [1.29, 1.82) is 0 Å². The lowest BCUT2D eigenvalue weighted by molar-refractivity contribution is 0.00181. The predicted octanol–water partition coefficient (Wildman–Crippen LogP) is 18.6. The third-order valence-electron chi connectivity index (χ3n) is 28.3. The number of rotatable bonds is 13. The van der Waals surface area contributed by atoms with Crippen molar-refractivity contribution in [3.63, 3.8) is 0 Å². The van der Waals surface area contributed by atoms with Crippen LogP contribution in [0.2, 0.25) is 0 Å². The average molecular weight is 1090 g/mol. The van der Waals surface area contributed by atoms with E-state index in [-0.39, 0.29) is 10.5 Å². The van der Waals surface area contributed by atoms with Crippen LogP contribution in [-0.4, -0.2) is 88.0 Å². The summed E-state index contributed by atoms with van der Waals surface area (Å²) in [5.41, 5.74) is 0. The molecule has 444 valence electrons. The van der Waals surface area contributed by atoms with E-state index in [9.17, 15) is 8.42 Å². The molecule has 1 saturated heterocycles. The van der Waals surface area contributed by atoms with E-state index in [2.05, 4.69) is 14.7 Å². The third-order valence-corrected chi connectivity index (χ3v) is 31.1. The lowest BCUT2D eigenvalue weighted by Gasteiger charge is -2.50. The highest BCUT2D eigenvalue weighted by Gasteiger charge is 2.56. The maximum Gasteiger partial charge on any atom is 0.156 e. The fourth-order valence-electron chi connectivity index (χ4n) is 24.3. The molecule has 0 aromatic heterocycles. The van der Waals surface area contributed by atoms with Gasteiger partial charge in [0, 0.05) is 54.4 Å². The molecule has 0 aromatic carbocycles. The van der Waals surface area contributed by atoms with Crippen LogP contribution >= 0.6 is 0 Å². The summed E-state index contributed by atoms with van der Waals surface area (Å²) in [5.74, 6) is 9.68.